The lowest BCUT2D eigenvalue weighted by Gasteiger charge is -2.36. The van der Waals surface area contributed by atoms with Gasteiger partial charge in [0.05, 0.1) is 0 Å². The van der Waals surface area contributed by atoms with Gasteiger partial charge in [0.2, 0.25) is 5.91 Å². The molecule has 0 unspecified atom stereocenters. The van der Waals surface area contributed by atoms with Crippen LogP contribution in [0.15, 0.2) is 28.7 Å². The molecule has 6 nitrogen and oxygen atoms in total. The van der Waals surface area contributed by atoms with Crippen LogP contribution >= 0.6 is 15.9 Å². The zero-order valence-electron chi connectivity index (χ0n) is 14.4. The fraction of sp³-hybridized carbons (Fsp3) is 0.500. The van der Waals surface area contributed by atoms with E-state index in [1.54, 1.807) is 24.3 Å². The number of benzene rings is 1. The van der Waals surface area contributed by atoms with E-state index in [2.05, 4.69) is 21.2 Å². The van der Waals surface area contributed by atoms with Crippen LogP contribution < -0.4 is 5.32 Å². The second kappa shape index (κ2) is 8.47. The Hall–Kier alpha value is -1.89. The zero-order valence-corrected chi connectivity index (χ0v) is 16.0. The summed E-state index contributed by atoms with van der Waals surface area (Å²) in [7, 11) is 0. The van der Waals surface area contributed by atoms with Crippen LogP contribution in [0.5, 0.6) is 0 Å². The third-order valence-electron chi connectivity index (χ3n) is 4.40. The average molecular weight is 411 g/mol. The standard InChI is InChI=1S/C18H23BrN2O4/c1-11(2)15(20-16(22)12-6-8-13(19)9-7-12)17(23)21-10-4-3-5-14(21)18(24)25/h6-9,11,14-15H,3-5,10H2,1-2H3,(H,20,22)(H,24,25)/t14-,15-/m0/s1. The molecule has 7 heteroatoms. The number of nitrogens with zero attached hydrogens (tertiary/aromatic N) is 1. The summed E-state index contributed by atoms with van der Waals surface area (Å²) < 4.78 is 0.859. The quantitative estimate of drug-likeness (QED) is 0.780. The minimum atomic E-state index is -0.991. The molecule has 2 amide bonds. The number of carboxylic acid groups (broad SMARTS) is 1. The van der Waals surface area contributed by atoms with Crippen molar-refractivity contribution in [2.45, 2.75) is 45.2 Å². The van der Waals surface area contributed by atoms with E-state index in [0.717, 1.165) is 17.3 Å². The van der Waals surface area contributed by atoms with Crippen molar-refractivity contribution in [3.63, 3.8) is 0 Å². The van der Waals surface area contributed by atoms with Gasteiger partial charge in [0.15, 0.2) is 0 Å². The molecule has 0 radical (unpaired) electrons. The number of likely N-dealkylation sites (tertiary alicyclic amines) is 1. The Labute approximate surface area is 155 Å². The van der Waals surface area contributed by atoms with Gasteiger partial charge in [-0.05, 0) is 49.4 Å². The molecule has 1 saturated heterocycles. The fourth-order valence-electron chi connectivity index (χ4n) is 2.97. The zero-order chi connectivity index (χ0) is 18.6. The van der Waals surface area contributed by atoms with Crippen molar-refractivity contribution in [3.05, 3.63) is 34.3 Å². The highest BCUT2D eigenvalue weighted by atomic mass is 79.9. The molecular formula is C18H23BrN2O4. The molecule has 1 aliphatic rings. The monoisotopic (exact) mass is 410 g/mol. The van der Waals surface area contributed by atoms with Gasteiger partial charge in [-0.25, -0.2) is 4.79 Å². The number of carboxylic acids is 1. The molecule has 2 N–H and O–H groups in total. The highest BCUT2D eigenvalue weighted by Crippen LogP contribution is 2.20. The fourth-order valence-corrected chi connectivity index (χ4v) is 3.23. The molecule has 0 aromatic heterocycles. The molecule has 1 fully saturated rings. The summed E-state index contributed by atoms with van der Waals surface area (Å²) in [4.78, 5) is 38.2. The second-order valence-corrected chi connectivity index (χ2v) is 7.50. The number of halogens is 1. The largest absolute Gasteiger partial charge is 0.480 e. The number of aliphatic carboxylic acids is 1. The van der Waals surface area contributed by atoms with E-state index in [9.17, 15) is 19.5 Å². The lowest BCUT2D eigenvalue weighted by atomic mass is 9.97. The third-order valence-corrected chi connectivity index (χ3v) is 4.93. The summed E-state index contributed by atoms with van der Waals surface area (Å²) >= 11 is 3.32. The third kappa shape index (κ3) is 4.81. The molecule has 25 heavy (non-hydrogen) atoms. The Bertz CT molecular complexity index is 645. The van der Waals surface area contributed by atoms with Gasteiger partial charge in [0.1, 0.15) is 12.1 Å². The van der Waals surface area contributed by atoms with Gasteiger partial charge >= 0.3 is 5.97 Å². The van der Waals surface area contributed by atoms with E-state index in [-0.39, 0.29) is 17.7 Å². The Morgan fingerprint density at radius 1 is 1.20 bits per heavy atom. The molecule has 0 aliphatic carbocycles. The van der Waals surface area contributed by atoms with Crippen LogP contribution in [0.1, 0.15) is 43.5 Å². The van der Waals surface area contributed by atoms with E-state index in [1.165, 1.54) is 4.90 Å². The molecular weight excluding hydrogens is 388 g/mol. The van der Waals surface area contributed by atoms with Crippen LogP contribution in [0.2, 0.25) is 0 Å². The van der Waals surface area contributed by atoms with Gasteiger partial charge in [0.25, 0.3) is 5.91 Å². The molecule has 0 saturated carbocycles. The highest BCUT2D eigenvalue weighted by molar-refractivity contribution is 9.10. The second-order valence-electron chi connectivity index (χ2n) is 6.58. The highest BCUT2D eigenvalue weighted by Gasteiger charge is 2.37. The maximum Gasteiger partial charge on any atom is 0.326 e. The Kier molecular flexibility index (Phi) is 6.58. The number of carbonyl (C=O) groups is 3. The minimum Gasteiger partial charge on any atom is -0.480 e. The van der Waals surface area contributed by atoms with E-state index >= 15 is 0 Å². The van der Waals surface area contributed by atoms with Gasteiger partial charge in [0, 0.05) is 16.6 Å². The smallest absolute Gasteiger partial charge is 0.326 e. The topological polar surface area (TPSA) is 86.7 Å². The van der Waals surface area contributed by atoms with E-state index in [4.69, 9.17) is 0 Å². The van der Waals surface area contributed by atoms with E-state index < -0.39 is 18.1 Å². The van der Waals surface area contributed by atoms with Crippen LogP contribution in [0.3, 0.4) is 0 Å². The molecule has 1 heterocycles. The number of nitrogens with one attached hydrogen (secondary N) is 1. The van der Waals surface area contributed by atoms with Crippen molar-refractivity contribution in [1.82, 2.24) is 10.2 Å². The minimum absolute atomic E-state index is 0.150. The number of amides is 2. The van der Waals surface area contributed by atoms with Gasteiger partial charge in [-0.1, -0.05) is 29.8 Å². The number of piperidine rings is 1. The Morgan fingerprint density at radius 2 is 1.84 bits per heavy atom. The maximum absolute atomic E-state index is 12.9. The Balaban J connectivity index is 2.16. The summed E-state index contributed by atoms with van der Waals surface area (Å²) in [5.74, 6) is -1.81. The SMILES string of the molecule is CC(C)[C@H](NC(=O)c1ccc(Br)cc1)C(=O)N1CCCC[C@H]1C(=O)O. The van der Waals surface area contributed by atoms with Crippen LogP contribution in [0.4, 0.5) is 0 Å². The average Bonchev–Trinajstić information content (AvgIpc) is 2.59. The molecule has 1 aromatic rings. The molecule has 0 bridgehead atoms. The summed E-state index contributed by atoms with van der Waals surface area (Å²) in [5.41, 5.74) is 0.454. The lowest BCUT2D eigenvalue weighted by molar-refractivity contribution is -0.153. The molecule has 2 atom stereocenters. The normalized spacial score (nSPS) is 18.7. The number of hydrogen-bond acceptors (Lipinski definition) is 3. The van der Waals surface area contributed by atoms with Crippen LogP contribution in [-0.2, 0) is 9.59 Å². The molecule has 0 spiro atoms. The lowest BCUT2D eigenvalue weighted by Crippen LogP contribution is -2.57. The first kappa shape index (κ1) is 19.4. The summed E-state index contributed by atoms with van der Waals surface area (Å²) in [5, 5.41) is 12.1. The molecule has 1 aliphatic heterocycles. The van der Waals surface area contributed by atoms with Crippen molar-refractivity contribution in [2.75, 3.05) is 6.54 Å². The first-order valence-electron chi connectivity index (χ1n) is 8.41. The van der Waals surface area contributed by atoms with Crippen LogP contribution in [0, 0.1) is 5.92 Å². The number of rotatable bonds is 5. The summed E-state index contributed by atoms with van der Waals surface area (Å²) in [6.45, 7) is 4.08. The summed E-state index contributed by atoms with van der Waals surface area (Å²) in [6.07, 6.45) is 2.02. The summed E-state index contributed by atoms with van der Waals surface area (Å²) in [6, 6.07) is 5.28. The number of carbonyl (C=O) groups excluding carboxylic acids is 2. The van der Waals surface area contributed by atoms with Crippen molar-refractivity contribution in [1.29, 1.82) is 0 Å². The predicted molar refractivity (Wildman–Crippen MR) is 97.2 cm³/mol. The van der Waals surface area contributed by atoms with Crippen molar-refractivity contribution in [3.8, 4) is 0 Å². The van der Waals surface area contributed by atoms with Crippen molar-refractivity contribution >= 4 is 33.7 Å². The first-order chi connectivity index (χ1) is 11.8. The van der Waals surface area contributed by atoms with Crippen LogP contribution in [-0.4, -0.2) is 46.4 Å². The van der Waals surface area contributed by atoms with E-state index in [0.29, 0.717) is 18.5 Å². The van der Waals surface area contributed by atoms with Gasteiger partial charge in [-0.3, -0.25) is 9.59 Å². The maximum atomic E-state index is 12.9. The van der Waals surface area contributed by atoms with Crippen molar-refractivity contribution < 1.29 is 19.5 Å². The Morgan fingerprint density at radius 3 is 2.40 bits per heavy atom. The van der Waals surface area contributed by atoms with Crippen LogP contribution in [0.25, 0.3) is 0 Å². The first-order valence-corrected chi connectivity index (χ1v) is 9.20. The van der Waals surface area contributed by atoms with Gasteiger partial charge in [-0.15, -0.1) is 0 Å². The van der Waals surface area contributed by atoms with Crippen molar-refractivity contribution in [2.24, 2.45) is 5.92 Å². The predicted octanol–water partition coefficient (Wildman–Crippen LogP) is 2.67. The molecule has 2 rings (SSSR count). The number of hydrogen-bond donors (Lipinski definition) is 2. The van der Waals surface area contributed by atoms with E-state index in [1.807, 2.05) is 13.8 Å². The molecule has 1 aromatic carbocycles. The molecule has 136 valence electrons. The van der Waals surface area contributed by atoms with Gasteiger partial charge < -0.3 is 15.3 Å². The van der Waals surface area contributed by atoms with Gasteiger partial charge in [-0.2, -0.15) is 0 Å².